The summed E-state index contributed by atoms with van der Waals surface area (Å²) in [7, 11) is 0. The first-order valence-corrected chi connectivity index (χ1v) is 4.48. The zero-order valence-corrected chi connectivity index (χ0v) is 6.71. The van der Waals surface area contributed by atoms with E-state index in [-0.39, 0.29) is 5.60 Å². The smallest absolute Gasteiger partial charge is 0.152 e. The van der Waals surface area contributed by atoms with E-state index in [1.165, 1.54) is 12.8 Å². The Hall–Kier alpha value is -0.370. The van der Waals surface area contributed by atoms with E-state index >= 15 is 0 Å². The fraction of sp³-hybridized carbons (Fsp3) is 0.889. The Morgan fingerprint density at radius 2 is 2.18 bits per heavy atom. The summed E-state index contributed by atoms with van der Waals surface area (Å²) in [5, 5.41) is 0. The molecule has 1 aliphatic heterocycles. The molecule has 0 spiro atoms. The standard InChI is InChI=1S/C9H14O2/c10-7-9(8-3-4-8)5-1-2-6-11-9/h7-8H,1-6H2. The van der Waals surface area contributed by atoms with Gasteiger partial charge in [0.2, 0.25) is 0 Å². The Morgan fingerprint density at radius 1 is 1.36 bits per heavy atom. The van der Waals surface area contributed by atoms with Crippen molar-refractivity contribution in [1.82, 2.24) is 0 Å². The Balaban J connectivity index is 2.06. The van der Waals surface area contributed by atoms with E-state index in [0.29, 0.717) is 5.92 Å². The van der Waals surface area contributed by atoms with Crippen LogP contribution in [0.3, 0.4) is 0 Å². The SMILES string of the molecule is O=CC1(C2CC2)CCCCO1. The maximum Gasteiger partial charge on any atom is 0.152 e. The summed E-state index contributed by atoms with van der Waals surface area (Å²) in [4.78, 5) is 10.8. The molecule has 2 rings (SSSR count). The van der Waals surface area contributed by atoms with Gasteiger partial charge in [0.05, 0.1) is 0 Å². The van der Waals surface area contributed by atoms with Crippen LogP contribution in [0.2, 0.25) is 0 Å². The van der Waals surface area contributed by atoms with Gasteiger partial charge in [0.25, 0.3) is 0 Å². The molecule has 1 unspecified atom stereocenters. The van der Waals surface area contributed by atoms with E-state index in [1.54, 1.807) is 0 Å². The van der Waals surface area contributed by atoms with Crippen LogP contribution in [0.25, 0.3) is 0 Å². The Labute approximate surface area is 66.9 Å². The van der Waals surface area contributed by atoms with Crippen molar-refractivity contribution >= 4 is 6.29 Å². The van der Waals surface area contributed by atoms with Crippen molar-refractivity contribution in [3.05, 3.63) is 0 Å². The summed E-state index contributed by atoms with van der Waals surface area (Å²) in [6, 6.07) is 0. The van der Waals surface area contributed by atoms with Crippen LogP contribution in [0, 0.1) is 5.92 Å². The van der Waals surface area contributed by atoms with Crippen LogP contribution in [0.5, 0.6) is 0 Å². The van der Waals surface area contributed by atoms with Crippen LogP contribution >= 0.6 is 0 Å². The topological polar surface area (TPSA) is 26.3 Å². The first-order chi connectivity index (χ1) is 5.37. The second-order valence-electron chi connectivity index (χ2n) is 3.65. The van der Waals surface area contributed by atoms with Gasteiger partial charge in [-0.15, -0.1) is 0 Å². The molecule has 2 aliphatic rings. The number of hydrogen-bond donors (Lipinski definition) is 0. The maximum absolute atomic E-state index is 10.8. The minimum absolute atomic E-state index is 0.349. The Kier molecular flexibility index (Phi) is 1.72. The van der Waals surface area contributed by atoms with Gasteiger partial charge in [-0.05, 0) is 38.0 Å². The molecule has 11 heavy (non-hydrogen) atoms. The molecular weight excluding hydrogens is 140 g/mol. The second kappa shape index (κ2) is 2.59. The highest BCUT2D eigenvalue weighted by atomic mass is 16.5. The Bertz CT molecular complexity index is 155. The van der Waals surface area contributed by atoms with E-state index in [4.69, 9.17) is 4.74 Å². The highest BCUT2D eigenvalue weighted by molar-refractivity contribution is 5.64. The molecule has 2 heteroatoms. The average Bonchev–Trinajstić information content (AvgIpc) is 2.88. The quantitative estimate of drug-likeness (QED) is 0.564. The van der Waals surface area contributed by atoms with Crippen molar-refractivity contribution in [3.63, 3.8) is 0 Å². The molecule has 0 aromatic rings. The first kappa shape index (κ1) is 7.29. The molecule has 1 saturated carbocycles. The molecule has 2 nitrogen and oxygen atoms in total. The van der Waals surface area contributed by atoms with Crippen molar-refractivity contribution in [1.29, 1.82) is 0 Å². The number of rotatable bonds is 2. The minimum atomic E-state index is -0.349. The van der Waals surface area contributed by atoms with Gasteiger partial charge in [0, 0.05) is 6.61 Å². The van der Waals surface area contributed by atoms with E-state index in [2.05, 4.69) is 0 Å². The zero-order chi connectivity index (χ0) is 7.73. The molecule has 0 aromatic carbocycles. The number of carbonyl (C=O) groups is 1. The summed E-state index contributed by atoms with van der Waals surface area (Å²) < 4.78 is 5.57. The Morgan fingerprint density at radius 3 is 2.64 bits per heavy atom. The van der Waals surface area contributed by atoms with Gasteiger partial charge in [0.15, 0.2) is 6.29 Å². The van der Waals surface area contributed by atoms with Gasteiger partial charge in [0.1, 0.15) is 5.60 Å². The normalized spacial score (nSPS) is 38.5. The largest absolute Gasteiger partial charge is 0.367 e. The number of carbonyl (C=O) groups excluding carboxylic acids is 1. The van der Waals surface area contributed by atoms with Gasteiger partial charge in [-0.2, -0.15) is 0 Å². The van der Waals surface area contributed by atoms with Crippen LogP contribution < -0.4 is 0 Å². The molecule has 0 amide bonds. The third-order valence-electron chi connectivity index (χ3n) is 2.80. The lowest BCUT2D eigenvalue weighted by Gasteiger charge is -2.32. The van der Waals surface area contributed by atoms with Crippen LogP contribution in [0.1, 0.15) is 32.1 Å². The number of hydrogen-bond acceptors (Lipinski definition) is 2. The molecule has 62 valence electrons. The summed E-state index contributed by atoms with van der Waals surface area (Å²) >= 11 is 0. The second-order valence-corrected chi connectivity index (χ2v) is 3.65. The van der Waals surface area contributed by atoms with E-state index in [1.807, 2.05) is 0 Å². The van der Waals surface area contributed by atoms with Crippen LogP contribution in [-0.2, 0) is 9.53 Å². The highest BCUT2D eigenvalue weighted by Crippen LogP contribution is 2.45. The monoisotopic (exact) mass is 154 g/mol. The van der Waals surface area contributed by atoms with Crippen molar-refractivity contribution in [3.8, 4) is 0 Å². The first-order valence-electron chi connectivity index (χ1n) is 4.48. The van der Waals surface area contributed by atoms with Gasteiger partial charge in [-0.1, -0.05) is 0 Å². The lowest BCUT2D eigenvalue weighted by molar-refractivity contribution is -0.141. The van der Waals surface area contributed by atoms with E-state index in [0.717, 1.165) is 32.2 Å². The lowest BCUT2D eigenvalue weighted by atomic mass is 9.90. The summed E-state index contributed by atoms with van der Waals surface area (Å²) in [5.74, 6) is 0.556. The molecule has 0 aromatic heterocycles. The summed E-state index contributed by atoms with van der Waals surface area (Å²) in [6.07, 6.45) is 6.68. The molecule has 1 saturated heterocycles. The third-order valence-corrected chi connectivity index (χ3v) is 2.80. The van der Waals surface area contributed by atoms with Crippen molar-refractivity contribution < 1.29 is 9.53 Å². The number of aldehydes is 1. The van der Waals surface area contributed by atoms with Gasteiger partial charge < -0.3 is 9.53 Å². The molecule has 0 bridgehead atoms. The van der Waals surface area contributed by atoms with Crippen LogP contribution in [0.4, 0.5) is 0 Å². The summed E-state index contributed by atoms with van der Waals surface area (Å²) in [5.41, 5.74) is -0.349. The summed E-state index contributed by atoms with van der Waals surface area (Å²) in [6.45, 7) is 0.787. The van der Waals surface area contributed by atoms with Crippen molar-refractivity contribution in [2.45, 2.75) is 37.7 Å². The molecular formula is C9H14O2. The van der Waals surface area contributed by atoms with Gasteiger partial charge >= 0.3 is 0 Å². The van der Waals surface area contributed by atoms with Crippen LogP contribution in [0.15, 0.2) is 0 Å². The molecule has 1 heterocycles. The fourth-order valence-electron chi connectivity index (χ4n) is 1.92. The van der Waals surface area contributed by atoms with E-state index in [9.17, 15) is 4.79 Å². The molecule has 2 fully saturated rings. The minimum Gasteiger partial charge on any atom is -0.367 e. The van der Waals surface area contributed by atoms with Gasteiger partial charge in [-0.3, -0.25) is 0 Å². The molecule has 0 radical (unpaired) electrons. The molecule has 1 aliphatic carbocycles. The van der Waals surface area contributed by atoms with E-state index < -0.39 is 0 Å². The number of ether oxygens (including phenoxy) is 1. The van der Waals surface area contributed by atoms with Gasteiger partial charge in [-0.25, -0.2) is 0 Å². The fourth-order valence-corrected chi connectivity index (χ4v) is 1.92. The predicted octanol–water partition coefficient (Wildman–Crippen LogP) is 1.53. The lowest BCUT2D eigenvalue weighted by Crippen LogP contribution is -2.40. The molecule has 0 N–H and O–H groups in total. The van der Waals surface area contributed by atoms with Crippen LogP contribution in [-0.4, -0.2) is 18.5 Å². The highest BCUT2D eigenvalue weighted by Gasteiger charge is 2.46. The van der Waals surface area contributed by atoms with Crippen molar-refractivity contribution in [2.75, 3.05) is 6.61 Å². The predicted molar refractivity (Wildman–Crippen MR) is 41.3 cm³/mol. The maximum atomic E-state index is 10.8. The molecule has 1 atom stereocenters. The van der Waals surface area contributed by atoms with Crippen molar-refractivity contribution in [2.24, 2.45) is 5.92 Å². The zero-order valence-electron chi connectivity index (χ0n) is 6.71. The average molecular weight is 154 g/mol. The third kappa shape index (κ3) is 1.20.